The van der Waals surface area contributed by atoms with Crippen molar-refractivity contribution in [1.29, 1.82) is 0 Å². The lowest BCUT2D eigenvalue weighted by molar-refractivity contribution is 0.584. The van der Waals surface area contributed by atoms with Crippen molar-refractivity contribution in [1.82, 2.24) is 14.3 Å². The maximum atomic E-state index is 13.7. The van der Waals surface area contributed by atoms with Gasteiger partial charge in [-0.2, -0.15) is 0 Å². The van der Waals surface area contributed by atoms with Gasteiger partial charge in [0.1, 0.15) is 5.82 Å². The van der Waals surface area contributed by atoms with E-state index in [1.54, 1.807) is 37.5 Å². The van der Waals surface area contributed by atoms with Gasteiger partial charge in [0.05, 0.1) is 38.5 Å². The molecule has 0 bridgehead atoms. The van der Waals surface area contributed by atoms with Crippen molar-refractivity contribution < 1.29 is 12.8 Å². The molecular formula is C21H17Cl2FN4O2S. The SMILES string of the molecule is CNCc1cn(S(=O)(=O)c2cccc(F)c2)c2cc(Nc3ccc(Cl)cc3Cl)cnc12. The zero-order valence-corrected chi connectivity index (χ0v) is 18.6. The molecule has 31 heavy (non-hydrogen) atoms. The quantitative estimate of drug-likeness (QED) is 0.399. The second kappa shape index (κ2) is 8.47. The van der Waals surface area contributed by atoms with E-state index in [2.05, 4.69) is 15.6 Å². The zero-order valence-electron chi connectivity index (χ0n) is 16.2. The number of hydrogen-bond donors (Lipinski definition) is 2. The minimum absolute atomic E-state index is 0.153. The number of nitrogens with zero attached hydrogens (tertiary/aromatic N) is 2. The van der Waals surface area contributed by atoms with Gasteiger partial charge in [-0.25, -0.2) is 16.8 Å². The molecule has 0 atom stereocenters. The number of anilines is 2. The van der Waals surface area contributed by atoms with Crippen LogP contribution in [0.3, 0.4) is 0 Å². The molecule has 0 aliphatic carbocycles. The standard InChI is InChI=1S/C21H17Cl2FN4O2S/c1-25-10-13-12-28(31(29,30)17-4-2-3-15(24)8-17)20-9-16(11-26-21(13)20)27-19-6-5-14(22)7-18(19)23/h2-9,11-12,25,27H,10H2,1H3. The number of aromatic nitrogens is 2. The summed E-state index contributed by atoms with van der Waals surface area (Å²) in [6.07, 6.45) is 3.08. The number of fused-ring (bicyclic) bond motifs is 1. The predicted octanol–water partition coefficient (Wildman–Crippen LogP) is 5.18. The van der Waals surface area contributed by atoms with Crippen LogP contribution in [-0.4, -0.2) is 24.4 Å². The monoisotopic (exact) mass is 478 g/mol. The Morgan fingerprint density at radius 2 is 1.94 bits per heavy atom. The second-order valence-electron chi connectivity index (χ2n) is 6.78. The molecule has 2 heterocycles. The van der Waals surface area contributed by atoms with Gasteiger partial charge in [-0.15, -0.1) is 0 Å². The number of nitrogens with one attached hydrogen (secondary N) is 2. The van der Waals surface area contributed by atoms with E-state index in [1.165, 1.54) is 24.4 Å². The Labute approximate surface area is 188 Å². The Morgan fingerprint density at radius 3 is 2.65 bits per heavy atom. The molecule has 160 valence electrons. The molecule has 0 saturated carbocycles. The van der Waals surface area contributed by atoms with Crippen LogP contribution < -0.4 is 10.6 Å². The lowest BCUT2D eigenvalue weighted by atomic mass is 10.2. The third-order valence-corrected chi connectivity index (χ3v) is 6.83. The number of benzene rings is 2. The van der Waals surface area contributed by atoms with Crippen molar-refractivity contribution in [2.75, 3.05) is 12.4 Å². The highest BCUT2D eigenvalue weighted by molar-refractivity contribution is 7.90. The van der Waals surface area contributed by atoms with Crippen LogP contribution in [0.5, 0.6) is 0 Å². The summed E-state index contributed by atoms with van der Waals surface area (Å²) >= 11 is 12.2. The van der Waals surface area contributed by atoms with Crippen molar-refractivity contribution in [2.24, 2.45) is 0 Å². The molecule has 0 amide bonds. The average Bonchev–Trinajstić information content (AvgIpc) is 3.09. The molecule has 0 saturated heterocycles. The predicted molar refractivity (Wildman–Crippen MR) is 121 cm³/mol. The summed E-state index contributed by atoms with van der Waals surface area (Å²) in [6, 6.07) is 11.5. The lowest BCUT2D eigenvalue weighted by Gasteiger charge is -2.11. The lowest BCUT2D eigenvalue weighted by Crippen LogP contribution is -2.12. The molecule has 0 aliphatic rings. The van der Waals surface area contributed by atoms with Crippen molar-refractivity contribution in [3.63, 3.8) is 0 Å². The summed E-state index contributed by atoms with van der Waals surface area (Å²) < 4.78 is 41.4. The minimum Gasteiger partial charge on any atom is -0.353 e. The van der Waals surface area contributed by atoms with Crippen molar-refractivity contribution >= 4 is 55.6 Å². The third kappa shape index (κ3) is 4.24. The Bertz CT molecular complexity index is 1390. The van der Waals surface area contributed by atoms with Crippen LogP contribution in [0.2, 0.25) is 10.0 Å². The molecule has 4 aromatic rings. The molecule has 0 fully saturated rings. The molecule has 2 N–H and O–H groups in total. The second-order valence-corrected chi connectivity index (χ2v) is 9.44. The van der Waals surface area contributed by atoms with E-state index in [0.717, 1.165) is 10.0 Å². The van der Waals surface area contributed by atoms with E-state index >= 15 is 0 Å². The fourth-order valence-corrected chi connectivity index (χ4v) is 5.07. The van der Waals surface area contributed by atoms with Crippen LogP contribution in [0.25, 0.3) is 11.0 Å². The molecule has 2 aromatic heterocycles. The number of rotatable bonds is 6. The zero-order chi connectivity index (χ0) is 22.2. The Hall–Kier alpha value is -2.65. The summed E-state index contributed by atoms with van der Waals surface area (Å²) in [4.78, 5) is 4.30. The van der Waals surface area contributed by atoms with Gasteiger partial charge in [0.15, 0.2) is 0 Å². The fourth-order valence-electron chi connectivity index (χ4n) is 3.22. The van der Waals surface area contributed by atoms with Crippen LogP contribution in [0, 0.1) is 5.82 Å². The summed E-state index contributed by atoms with van der Waals surface area (Å²) in [5.41, 5.74) is 2.68. The summed E-state index contributed by atoms with van der Waals surface area (Å²) in [5.74, 6) is -0.633. The summed E-state index contributed by atoms with van der Waals surface area (Å²) in [5, 5.41) is 7.03. The van der Waals surface area contributed by atoms with Gasteiger partial charge < -0.3 is 10.6 Å². The number of halogens is 3. The maximum absolute atomic E-state index is 13.7. The van der Waals surface area contributed by atoms with E-state index in [-0.39, 0.29) is 4.90 Å². The third-order valence-electron chi connectivity index (χ3n) is 4.61. The highest BCUT2D eigenvalue weighted by Gasteiger charge is 2.22. The molecule has 6 nitrogen and oxygen atoms in total. The molecule has 0 radical (unpaired) electrons. The van der Waals surface area contributed by atoms with Gasteiger partial charge in [0.2, 0.25) is 0 Å². The van der Waals surface area contributed by atoms with Gasteiger partial charge in [-0.1, -0.05) is 29.3 Å². The van der Waals surface area contributed by atoms with Gasteiger partial charge >= 0.3 is 0 Å². The van der Waals surface area contributed by atoms with E-state index in [4.69, 9.17) is 23.2 Å². The number of pyridine rings is 1. The highest BCUT2D eigenvalue weighted by Crippen LogP contribution is 2.31. The maximum Gasteiger partial charge on any atom is 0.268 e. The van der Waals surface area contributed by atoms with Crippen molar-refractivity contribution in [3.05, 3.63) is 82.4 Å². The highest BCUT2D eigenvalue weighted by atomic mass is 35.5. The molecule has 0 spiro atoms. The van der Waals surface area contributed by atoms with Gasteiger partial charge in [-0.3, -0.25) is 4.98 Å². The first kappa shape index (κ1) is 21.6. The largest absolute Gasteiger partial charge is 0.353 e. The molecule has 0 unspecified atom stereocenters. The van der Waals surface area contributed by atoms with E-state index < -0.39 is 15.8 Å². The summed E-state index contributed by atoms with van der Waals surface area (Å²) in [6.45, 7) is 0.408. The summed E-state index contributed by atoms with van der Waals surface area (Å²) in [7, 11) is -2.30. The first-order valence-corrected chi connectivity index (χ1v) is 11.4. The van der Waals surface area contributed by atoms with E-state index in [1.807, 2.05) is 0 Å². The molecular weight excluding hydrogens is 462 g/mol. The van der Waals surface area contributed by atoms with Crippen LogP contribution in [-0.2, 0) is 16.6 Å². The Balaban J connectivity index is 1.85. The van der Waals surface area contributed by atoms with E-state index in [9.17, 15) is 12.8 Å². The first-order chi connectivity index (χ1) is 14.8. The van der Waals surface area contributed by atoms with Crippen LogP contribution in [0.1, 0.15) is 5.56 Å². The Kier molecular flexibility index (Phi) is 5.90. The van der Waals surface area contributed by atoms with Crippen molar-refractivity contribution in [3.8, 4) is 0 Å². The van der Waals surface area contributed by atoms with Crippen molar-refractivity contribution in [2.45, 2.75) is 11.4 Å². The first-order valence-electron chi connectivity index (χ1n) is 9.17. The normalized spacial score (nSPS) is 11.7. The van der Waals surface area contributed by atoms with Gasteiger partial charge in [-0.05, 0) is 49.5 Å². The van der Waals surface area contributed by atoms with E-state index in [0.29, 0.717) is 44.6 Å². The molecule has 2 aromatic carbocycles. The molecule has 4 rings (SSSR count). The van der Waals surface area contributed by atoms with Gasteiger partial charge in [0, 0.05) is 23.3 Å². The van der Waals surface area contributed by atoms with Gasteiger partial charge in [0.25, 0.3) is 10.0 Å². The number of hydrogen-bond acceptors (Lipinski definition) is 5. The van der Waals surface area contributed by atoms with Crippen LogP contribution in [0.4, 0.5) is 15.8 Å². The van der Waals surface area contributed by atoms with Crippen LogP contribution in [0.15, 0.2) is 65.8 Å². The smallest absolute Gasteiger partial charge is 0.268 e. The minimum atomic E-state index is -4.05. The average molecular weight is 479 g/mol. The van der Waals surface area contributed by atoms with Crippen LogP contribution >= 0.6 is 23.2 Å². The fraction of sp³-hybridized carbons (Fsp3) is 0.0952. The Morgan fingerprint density at radius 1 is 1.13 bits per heavy atom. The molecule has 0 aliphatic heterocycles. The topological polar surface area (TPSA) is 76.0 Å². The molecule has 10 heteroatoms.